The number of hydrogen-bond acceptors (Lipinski definition) is 0. The summed E-state index contributed by atoms with van der Waals surface area (Å²) >= 11 is 0. The first-order valence-electron chi connectivity index (χ1n) is 4.11. The maximum absolute atomic E-state index is 12.9. The van der Waals surface area contributed by atoms with Crippen molar-refractivity contribution in [2.45, 2.75) is 19.8 Å². The fourth-order valence-corrected chi connectivity index (χ4v) is 1.14. The van der Waals surface area contributed by atoms with Crippen LogP contribution in [-0.4, -0.2) is 6.67 Å². The van der Waals surface area contributed by atoms with Gasteiger partial charge in [0.1, 0.15) is 5.82 Å². The Morgan fingerprint density at radius 3 is 2.67 bits per heavy atom. The minimum Gasteiger partial charge on any atom is -0.251 e. The Hall–Kier alpha value is -0.920. The van der Waals surface area contributed by atoms with Crippen LogP contribution >= 0.6 is 0 Å². The van der Waals surface area contributed by atoms with Gasteiger partial charge in [-0.05, 0) is 23.6 Å². The van der Waals surface area contributed by atoms with Gasteiger partial charge in [-0.3, -0.25) is 4.39 Å². The topological polar surface area (TPSA) is 0 Å². The summed E-state index contributed by atoms with van der Waals surface area (Å²) < 4.78 is 24.9. The van der Waals surface area contributed by atoms with E-state index in [4.69, 9.17) is 0 Å². The van der Waals surface area contributed by atoms with Crippen molar-refractivity contribution >= 4 is 0 Å². The molecule has 0 heterocycles. The van der Waals surface area contributed by atoms with Crippen molar-refractivity contribution in [3.8, 4) is 0 Å². The second-order valence-corrected chi connectivity index (χ2v) is 2.72. The van der Waals surface area contributed by atoms with Gasteiger partial charge in [0.2, 0.25) is 0 Å². The molecule has 66 valence electrons. The molecule has 2 heteroatoms. The average molecular weight is 170 g/mol. The number of hydrogen-bond donors (Lipinski definition) is 0. The van der Waals surface area contributed by atoms with Crippen molar-refractivity contribution in [1.82, 2.24) is 0 Å². The molecule has 1 aromatic rings. The van der Waals surface area contributed by atoms with Gasteiger partial charge in [0, 0.05) is 6.42 Å². The Morgan fingerprint density at radius 1 is 1.33 bits per heavy atom. The molecule has 0 radical (unpaired) electrons. The highest BCUT2D eigenvalue weighted by Crippen LogP contribution is 2.11. The van der Waals surface area contributed by atoms with E-state index in [1.807, 2.05) is 6.92 Å². The highest BCUT2D eigenvalue weighted by Gasteiger charge is 2.01. The van der Waals surface area contributed by atoms with Crippen LogP contribution in [0.4, 0.5) is 8.78 Å². The first-order chi connectivity index (χ1) is 5.77. The fourth-order valence-electron chi connectivity index (χ4n) is 1.14. The highest BCUT2D eigenvalue weighted by molar-refractivity contribution is 5.25. The van der Waals surface area contributed by atoms with Crippen LogP contribution in [0.3, 0.4) is 0 Å². The molecule has 0 bridgehead atoms. The molecule has 0 saturated heterocycles. The number of benzene rings is 1. The van der Waals surface area contributed by atoms with Crippen molar-refractivity contribution in [2.75, 3.05) is 6.67 Å². The van der Waals surface area contributed by atoms with Gasteiger partial charge in [-0.2, -0.15) is 0 Å². The summed E-state index contributed by atoms with van der Waals surface area (Å²) in [5.74, 6) is -0.301. The maximum Gasteiger partial charge on any atom is 0.126 e. The predicted molar refractivity (Wildman–Crippen MR) is 45.5 cm³/mol. The molecule has 0 fully saturated rings. The largest absolute Gasteiger partial charge is 0.251 e. The van der Waals surface area contributed by atoms with Gasteiger partial charge in [0.05, 0.1) is 6.67 Å². The van der Waals surface area contributed by atoms with Gasteiger partial charge in [-0.15, -0.1) is 0 Å². The van der Waals surface area contributed by atoms with Crippen LogP contribution in [0, 0.1) is 5.82 Å². The van der Waals surface area contributed by atoms with Crippen molar-refractivity contribution in [2.24, 2.45) is 0 Å². The molecular formula is C10H12F2. The van der Waals surface area contributed by atoms with Crippen molar-refractivity contribution in [3.63, 3.8) is 0 Å². The summed E-state index contributed by atoms with van der Waals surface area (Å²) in [6.45, 7) is 1.50. The summed E-state index contributed by atoms with van der Waals surface area (Å²) in [5.41, 5.74) is 1.54. The third-order valence-electron chi connectivity index (χ3n) is 1.88. The number of rotatable bonds is 3. The average Bonchev–Trinajstić information content (AvgIpc) is 2.09. The van der Waals surface area contributed by atoms with E-state index in [2.05, 4.69) is 0 Å². The molecule has 0 spiro atoms. The molecule has 0 unspecified atom stereocenters. The summed E-state index contributed by atoms with van der Waals surface area (Å²) in [5, 5.41) is 0. The molecule has 0 saturated carbocycles. The lowest BCUT2D eigenvalue weighted by Crippen LogP contribution is -1.94. The van der Waals surface area contributed by atoms with E-state index in [-0.39, 0.29) is 12.2 Å². The molecule has 0 nitrogen and oxygen atoms in total. The SMILES string of the molecule is CCc1ccc(F)c(CCF)c1. The second kappa shape index (κ2) is 4.19. The van der Waals surface area contributed by atoms with E-state index in [0.717, 1.165) is 12.0 Å². The molecule has 1 rings (SSSR count). The Morgan fingerprint density at radius 2 is 2.08 bits per heavy atom. The normalized spacial score (nSPS) is 10.2. The van der Waals surface area contributed by atoms with E-state index in [1.165, 1.54) is 6.07 Å². The molecule has 0 aromatic heterocycles. The van der Waals surface area contributed by atoms with Crippen LogP contribution in [0.15, 0.2) is 18.2 Å². The first-order valence-corrected chi connectivity index (χ1v) is 4.11. The molecule has 12 heavy (non-hydrogen) atoms. The van der Waals surface area contributed by atoms with Gasteiger partial charge in [0.15, 0.2) is 0 Å². The standard InChI is InChI=1S/C10H12F2/c1-2-8-3-4-10(12)9(7-8)5-6-11/h3-4,7H,2,5-6H2,1H3. The van der Waals surface area contributed by atoms with Crippen LogP contribution in [0.1, 0.15) is 18.1 Å². The third-order valence-corrected chi connectivity index (χ3v) is 1.88. The van der Waals surface area contributed by atoms with Gasteiger partial charge in [-0.1, -0.05) is 19.1 Å². The molecule has 0 aliphatic heterocycles. The van der Waals surface area contributed by atoms with Crippen LogP contribution in [0.2, 0.25) is 0 Å². The molecular weight excluding hydrogens is 158 g/mol. The zero-order valence-corrected chi connectivity index (χ0v) is 7.11. The minimum atomic E-state index is -0.496. The lowest BCUT2D eigenvalue weighted by molar-refractivity contribution is 0.485. The number of aryl methyl sites for hydroxylation is 2. The molecule has 0 aliphatic carbocycles. The fraction of sp³-hybridized carbons (Fsp3) is 0.400. The predicted octanol–water partition coefficient (Wildman–Crippen LogP) is 2.90. The maximum atomic E-state index is 12.9. The van der Waals surface area contributed by atoms with Crippen LogP contribution in [0.5, 0.6) is 0 Å². The zero-order valence-electron chi connectivity index (χ0n) is 7.11. The van der Waals surface area contributed by atoms with Gasteiger partial charge in [0.25, 0.3) is 0 Å². The van der Waals surface area contributed by atoms with E-state index in [0.29, 0.717) is 5.56 Å². The minimum absolute atomic E-state index is 0.180. The Bertz CT molecular complexity index is 256. The molecule has 0 aliphatic rings. The van der Waals surface area contributed by atoms with Crippen molar-refractivity contribution < 1.29 is 8.78 Å². The van der Waals surface area contributed by atoms with Gasteiger partial charge < -0.3 is 0 Å². The monoisotopic (exact) mass is 170 g/mol. The molecule has 1 aromatic carbocycles. The summed E-state index contributed by atoms with van der Waals surface area (Å²) in [6, 6.07) is 4.87. The quantitative estimate of drug-likeness (QED) is 0.654. The lowest BCUT2D eigenvalue weighted by atomic mass is 10.1. The van der Waals surface area contributed by atoms with Crippen LogP contribution < -0.4 is 0 Å². The summed E-state index contributed by atoms with van der Waals surface area (Å²) in [7, 11) is 0. The van der Waals surface area contributed by atoms with E-state index >= 15 is 0 Å². The zero-order chi connectivity index (χ0) is 8.97. The lowest BCUT2D eigenvalue weighted by Gasteiger charge is -2.02. The number of halogens is 2. The van der Waals surface area contributed by atoms with Gasteiger partial charge in [-0.25, -0.2) is 4.39 Å². The summed E-state index contributed by atoms with van der Waals surface area (Å²) in [4.78, 5) is 0. The van der Waals surface area contributed by atoms with E-state index < -0.39 is 6.67 Å². The van der Waals surface area contributed by atoms with Gasteiger partial charge >= 0.3 is 0 Å². The molecule has 0 amide bonds. The summed E-state index contributed by atoms with van der Waals surface area (Å²) in [6.07, 6.45) is 1.04. The molecule has 0 N–H and O–H groups in total. The molecule has 0 atom stereocenters. The van der Waals surface area contributed by atoms with E-state index in [9.17, 15) is 8.78 Å². The number of alkyl halides is 1. The van der Waals surface area contributed by atoms with Crippen molar-refractivity contribution in [3.05, 3.63) is 35.1 Å². The highest BCUT2D eigenvalue weighted by atomic mass is 19.1. The Labute approximate surface area is 71.2 Å². The Kier molecular flexibility index (Phi) is 3.20. The third kappa shape index (κ3) is 2.03. The first kappa shape index (κ1) is 9.17. The van der Waals surface area contributed by atoms with Crippen LogP contribution in [0.25, 0.3) is 0 Å². The second-order valence-electron chi connectivity index (χ2n) is 2.72. The van der Waals surface area contributed by atoms with Crippen LogP contribution in [-0.2, 0) is 12.8 Å². The van der Waals surface area contributed by atoms with E-state index in [1.54, 1.807) is 12.1 Å². The Balaban J connectivity index is 2.91. The van der Waals surface area contributed by atoms with Crippen molar-refractivity contribution in [1.29, 1.82) is 0 Å². The smallest absolute Gasteiger partial charge is 0.126 e.